The Bertz CT molecular complexity index is 977. The topological polar surface area (TPSA) is 68.3 Å². The molecule has 0 spiro atoms. The van der Waals surface area contributed by atoms with E-state index in [2.05, 4.69) is 10.3 Å². The van der Waals surface area contributed by atoms with Crippen LogP contribution in [0.4, 0.5) is 5.13 Å². The normalized spacial score (nSPS) is 10.5. The molecule has 0 aliphatic heterocycles. The van der Waals surface area contributed by atoms with Crippen LogP contribution in [-0.2, 0) is 9.53 Å². The van der Waals surface area contributed by atoms with E-state index in [0.29, 0.717) is 10.7 Å². The van der Waals surface area contributed by atoms with Crippen molar-refractivity contribution in [3.05, 3.63) is 70.1 Å². The Morgan fingerprint density at radius 2 is 1.74 bits per heavy atom. The van der Waals surface area contributed by atoms with Gasteiger partial charge in [-0.2, -0.15) is 0 Å². The first-order valence-electron chi connectivity index (χ1n) is 8.49. The number of esters is 1. The van der Waals surface area contributed by atoms with Crippen LogP contribution in [0.25, 0.3) is 11.3 Å². The molecule has 138 valence electrons. The minimum atomic E-state index is -0.512. The number of thiazole rings is 1. The van der Waals surface area contributed by atoms with Crippen LogP contribution in [0, 0.1) is 20.8 Å². The van der Waals surface area contributed by atoms with Crippen LogP contribution in [0.5, 0.6) is 0 Å². The van der Waals surface area contributed by atoms with Crippen molar-refractivity contribution in [1.29, 1.82) is 0 Å². The van der Waals surface area contributed by atoms with Crippen molar-refractivity contribution >= 4 is 28.3 Å². The number of carbonyl (C=O) groups excluding carboxylic acids is 2. The Morgan fingerprint density at radius 3 is 2.44 bits per heavy atom. The molecular formula is C21H20N2O3S. The number of carbonyl (C=O) groups is 2. The van der Waals surface area contributed by atoms with Gasteiger partial charge in [0.1, 0.15) is 0 Å². The largest absolute Gasteiger partial charge is 0.452 e. The summed E-state index contributed by atoms with van der Waals surface area (Å²) in [6.07, 6.45) is 0. The van der Waals surface area contributed by atoms with Crippen molar-refractivity contribution in [3.63, 3.8) is 0 Å². The molecule has 6 heteroatoms. The summed E-state index contributed by atoms with van der Waals surface area (Å²) in [4.78, 5) is 28.6. The van der Waals surface area contributed by atoms with Crippen molar-refractivity contribution in [2.75, 3.05) is 11.9 Å². The summed E-state index contributed by atoms with van der Waals surface area (Å²) in [6.45, 7) is 5.46. The lowest BCUT2D eigenvalue weighted by Gasteiger charge is -2.07. The second-order valence-corrected chi connectivity index (χ2v) is 7.20. The number of aryl methyl sites for hydroxylation is 3. The van der Waals surface area contributed by atoms with E-state index in [1.807, 2.05) is 62.5 Å². The van der Waals surface area contributed by atoms with E-state index < -0.39 is 11.9 Å². The molecule has 0 fully saturated rings. The van der Waals surface area contributed by atoms with E-state index in [4.69, 9.17) is 4.74 Å². The Balaban J connectivity index is 1.56. The highest BCUT2D eigenvalue weighted by Crippen LogP contribution is 2.25. The maximum Gasteiger partial charge on any atom is 0.338 e. The van der Waals surface area contributed by atoms with Crippen LogP contribution in [0.3, 0.4) is 0 Å². The number of rotatable bonds is 5. The first-order valence-corrected chi connectivity index (χ1v) is 9.37. The highest BCUT2D eigenvalue weighted by atomic mass is 32.1. The van der Waals surface area contributed by atoms with Crippen molar-refractivity contribution in [2.45, 2.75) is 20.8 Å². The Kier molecular flexibility index (Phi) is 5.66. The highest BCUT2D eigenvalue weighted by Gasteiger charge is 2.14. The van der Waals surface area contributed by atoms with Gasteiger partial charge in [0.2, 0.25) is 0 Å². The predicted molar refractivity (Wildman–Crippen MR) is 107 cm³/mol. The van der Waals surface area contributed by atoms with E-state index in [9.17, 15) is 9.59 Å². The molecule has 1 N–H and O–H groups in total. The van der Waals surface area contributed by atoms with E-state index in [1.165, 1.54) is 16.9 Å². The van der Waals surface area contributed by atoms with Crippen LogP contribution in [0.15, 0.2) is 47.8 Å². The SMILES string of the molecule is Cc1ccc(-c2csc(NC(=O)COC(=O)c3ccc(C)cc3C)n2)cc1. The molecule has 0 unspecified atom stereocenters. The molecule has 0 atom stereocenters. The number of hydrogen-bond acceptors (Lipinski definition) is 5. The molecule has 3 aromatic rings. The number of nitrogens with zero attached hydrogens (tertiary/aromatic N) is 1. The van der Waals surface area contributed by atoms with Gasteiger partial charge in [-0.15, -0.1) is 11.3 Å². The van der Waals surface area contributed by atoms with Crippen LogP contribution >= 0.6 is 11.3 Å². The summed E-state index contributed by atoms with van der Waals surface area (Å²) in [6, 6.07) is 13.5. The minimum absolute atomic E-state index is 0.356. The number of anilines is 1. The fourth-order valence-corrected chi connectivity index (χ4v) is 3.33. The van der Waals surface area contributed by atoms with Crippen molar-refractivity contribution in [3.8, 4) is 11.3 Å². The van der Waals surface area contributed by atoms with E-state index in [-0.39, 0.29) is 6.61 Å². The fraction of sp³-hybridized carbons (Fsp3) is 0.190. The van der Waals surface area contributed by atoms with Gasteiger partial charge in [0.15, 0.2) is 11.7 Å². The first-order chi connectivity index (χ1) is 12.9. The number of benzene rings is 2. The highest BCUT2D eigenvalue weighted by molar-refractivity contribution is 7.14. The van der Waals surface area contributed by atoms with Gasteiger partial charge in [-0.25, -0.2) is 9.78 Å². The lowest BCUT2D eigenvalue weighted by atomic mass is 10.1. The molecule has 0 aliphatic rings. The Hall–Kier alpha value is -2.99. The first kappa shape index (κ1) is 18.8. The molecule has 1 amide bonds. The van der Waals surface area contributed by atoms with Gasteiger partial charge in [-0.1, -0.05) is 47.5 Å². The van der Waals surface area contributed by atoms with Gasteiger partial charge in [0.05, 0.1) is 11.3 Å². The maximum absolute atomic E-state index is 12.1. The van der Waals surface area contributed by atoms with E-state index in [1.54, 1.807) is 6.07 Å². The third kappa shape index (κ3) is 4.80. The Labute approximate surface area is 162 Å². The average Bonchev–Trinajstić information content (AvgIpc) is 3.08. The maximum atomic E-state index is 12.1. The number of nitrogens with one attached hydrogen (secondary N) is 1. The molecule has 5 nitrogen and oxygen atoms in total. The molecular weight excluding hydrogens is 360 g/mol. The molecule has 3 rings (SSSR count). The molecule has 0 radical (unpaired) electrons. The van der Waals surface area contributed by atoms with Crippen LogP contribution in [0.1, 0.15) is 27.0 Å². The zero-order valence-electron chi connectivity index (χ0n) is 15.4. The van der Waals surface area contributed by atoms with Crippen molar-refractivity contribution in [2.24, 2.45) is 0 Å². The smallest absolute Gasteiger partial charge is 0.338 e. The molecule has 1 heterocycles. The third-order valence-corrected chi connectivity index (χ3v) is 4.79. The van der Waals surface area contributed by atoms with Crippen LogP contribution in [-0.4, -0.2) is 23.5 Å². The summed E-state index contributed by atoms with van der Waals surface area (Å²) >= 11 is 1.33. The van der Waals surface area contributed by atoms with Gasteiger partial charge in [-0.05, 0) is 32.4 Å². The van der Waals surface area contributed by atoms with Crippen molar-refractivity contribution in [1.82, 2.24) is 4.98 Å². The quantitative estimate of drug-likeness (QED) is 0.660. The van der Waals surface area contributed by atoms with Crippen LogP contribution < -0.4 is 5.32 Å². The van der Waals surface area contributed by atoms with E-state index >= 15 is 0 Å². The second kappa shape index (κ2) is 8.14. The fourth-order valence-electron chi connectivity index (χ4n) is 2.59. The minimum Gasteiger partial charge on any atom is -0.452 e. The number of aromatic nitrogens is 1. The monoisotopic (exact) mass is 380 g/mol. The number of amides is 1. The van der Waals surface area contributed by atoms with Crippen LogP contribution in [0.2, 0.25) is 0 Å². The average molecular weight is 380 g/mol. The lowest BCUT2D eigenvalue weighted by Crippen LogP contribution is -2.21. The summed E-state index contributed by atoms with van der Waals surface area (Å²) < 4.78 is 5.11. The molecule has 2 aromatic carbocycles. The van der Waals surface area contributed by atoms with Gasteiger partial charge >= 0.3 is 5.97 Å². The molecule has 0 aliphatic carbocycles. The summed E-state index contributed by atoms with van der Waals surface area (Å²) in [7, 11) is 0. The lowest BCUT2D eigenvalue weighted by molar-refractivity contribution is -0.119. The van der Waals surface area contributed by atoms with Gasteiger partial charge in [0, 0.05) is 10.9 Å². The number of hydrogen-bond donors (Lipinski definition) is 1. The summed E-state index contributed by atoms with van der Waals surface area (Å²) in [5, 5.41) is 5.01. The zero-order chi connectivity index (χ0) is 19.4. The predicted octanol–water partition coefficient (Wildman–Crippen LogP) is 4.53. The van der Waals surface area contributed by atoms with Crippen molar-refractivity contribution < 1.29 is 14.3 Å². The van der Waals surface area contributed by atoms with Gasteiger partial charge in [0.25, 0.3) is 5.91 Å². The van der Waals surface area contributed by atoms with E-state index in [0.717, 1.165) is 22.4 Å². The Morgan fingerprint density at radius 1 is 1.04 bits per heavy atom. The molecule has 1 aromatic heterocycles. The molecule has 0 bridgehead atoms. The third-order valence-electron chi connectivity index (χ3n) is 4.03. The second-order valence-electron chi connectivity index (χ2n) is 6.35. The van der Waals surface area contributed by atoms with Gasteiger partial charge in [-0.3, -0.25) is 10.1 Å². The molecule has 0 saturated heterocycles. The summed E-state index contributed by atoms with van der Waals surface area (Å²) in [5.74, 6) is -0.931. The molecule has 27 heavy (non-hydrogen) atoms. The summed E-state index contributed by atoms with van der Waals surface area (Å²) in [5.41, 5.74) is 5.30. The number of ether oxygens (including phenoxy) is 1. The molecule has 0 saturated carbocycles. The zero-order valence-corrected chi connectivity index (χ0v) is 16.2. The standard InChI is InChI=1S/C21H20N2O3S/c1-13-4-7-16(8-5-13)18-12-27-21(22-18)23-19(24)11-26-20(25)17-9-6-14(2)10-15(17)3/h4-10,12H,11H2,1-3H3,(H,22,23,24). The van der Waals surface area contributed by atoms with Gasteiger partial charge < -0.3 is 4.74 Å².